The SMILES string of the molecule is O=C(O)CCC(=O)Nc1ccc(C(=O)NCc2cccnc2)cc1. The summed E-state index contributed by atoms with van der Waals surface area (Å²) in [6.45, 7) is 0.375. The molecule has 0 saturated heterocycles. The monoisotopic (exact) mass is 327 g/mol. The zero-order chi connectivity index (χ0) is 17.4. The van der Waals surface area contributed by atoms with Crippen molar-refractivity contribution in [1.29, 1.82) is 0 Å². The fourth-order valence-electron chi connectivity index (χ4n) is 1.94. The maximum atomic E-state index is 12.0. The molecule has 2 amide bonds. The van der Waals surface area contributed by atoms with Gasteiger partial charge in [0.1, 0.15) is 0 Å². The van der Waals surface area contributed by atoms with Gasteiger partial charge >= 0.3 is 5.97 Å². The summed E-state index contributed by atoms with van der Waals surface area (Å²) in [4.78, 5) is 38.0. The van der Waals surface area contributed by atoms with Crippen molar-refractivity contribution in [1.82, 2.24) is 10.3 Å². The maximum Gasteiger partial charge on any atom is 0.303 e. The van der Waals surface area contributed by atoms with Crippen LogP contribution in [0.2, 0.25) is 0 Å². The Labute approximate surface area is 138 Å². The number of rotatable bonds is 7. The van der Waals surface area contributed by atoms with Crippen molar-refractivity contribution in [3.63, 3.8) is 0 Å². The molecule has 7 nitrogen and oxygen atoms in total. The fraction of sp³-hybridized carbons (Fsp3) is 0.176. The number of carbonyl (C=O) groups excluding carboxylic acids is 2. The second-order valence-corrected chi connectivity index (χ2v) is 5.06. The predicted molar refractivity (Wildman–Crippen MR) is 87.3 cm³/mol. The summed E-state index contributed by atoms with van der Waals surface area (Å²) < 4.78 is 0. The van der Waals surface area contributed by atoms with E-state index in [2.05, 4.69) is 15.6 Å². The Morgan fingerprint density at radius 1 is 1.04 bits per heavy atom. The van der Waals surface area contributed by atoms with Crippen LogP contribution in [0, 0.1) is 0 Å². The van der Waals surface area contributed by atoms with Gasteiger partial charge in [0.2, 0.25) is 5.91 Å². The molecule has 2 aromatic rings. The number of nitrogens with one attached hydrogen (secondary N) is 2. The second-order valence-electron chi connectivity index (χ2n) is 5.06. The average molecular weight is 327 g/mol. The molecule has 0 atom stereocenters. The molecule has 1 aromatic carbocycles. The van der Waals surface area contributed by atoms with Crippen molar-refractivity contribution in [2.24, 2.45) is 0 Å². The lowest BCUT2D eigenvalue weighted by atomic mass is 10.2. The first kappa shape index (κ1) is 17.1. The van der Waals surface area contributed by atoms with Crippen LogP contribution in [-0.4, -0.2) is 27.9 Å². The predicted octanol–water partition coefficient (Wildman–Crippen LogP) is 1.81. The Morgan fingerprint density at radius 3 is 2.42 bits per heavy atom. The van der Waals surface area contributed by atoms with Crippen molar-refractivity contribution in [2.45, 2.75) is 19.4 Å². The molecular formula is C17H17N3O4. The van der Waals surface area contributed by atoms with E-state index in [0.29, 0.717) is 17.8 Å². The molecule has 24 heavy (non-hydrogen) atoms. The first-order valence-electron chi connectivity index (χ1n) is 7.33. The number of carbonyl (C=O) groups is 3. The Bertz CT molecular complexity index is 714. The van der Waals surface area contributed by atoms with Crippen molar-refractivity contribution in [2.75, 3.05) is 5.32 Å². The van der Waals surface area contributed by atoms with E-state index in [-0.39, 0.29) is 24.7 Å². The molecule has 0 saturated carbocycles. The lowest BCUT2D eigenvalue weighted by molar-refractivity contribution is -0.138. The van der Waals surface area contributed by atoms with E-state index in [1.54, 1.807) is 42.7 Å². The summed E-state index contributed by atoms with van der Waals surface area (Å²) in [6, 6.07) is 10.0. The third-order valence-electron chi connectivity index (χ3n) is 3.17. The Morgan fingerprint density at radius 2 is 1.79 bits per heavy atom. The van der Waals surface area contributed by atoms with Crippen LogP contribution < -0.4 is 10.6 Å². The summed E-state index contributed by atoms with van der Waals surface area (Å²) in [5.41, 5.74) is 1.87. The molecule has 0 fully saturated rings. The Hall–Kier alpha value is -3.22. The molecule has 2 rings (SSSR count). The van der Waals surface area contributed by atoms with Crippen molar-refractivity contribution < 1.29 is 19.5 Å². The number of pyridine rings is 1. The highest BCUT2D eigenvalue weighted by molar-refractivity contribution is 5.96. The van der Waals surface area contributed by atoms with Gasteiger partial charge in [-0.25, -0.2) is 0 Å². The van der Waals surface area contributed by atoms with E-state index >= 15 is 0 Å². The molecule has 0 aliphatic carbocycles. The van der Waals surface area contributed by atoms with Crippen LogP contribution in [-0.2, 0) is 16.1 Å². The molecule has 1 heterocycles. The normalized spacial score (nSPS) is 10.0. The lowest BCUT2D eigenvalue weighted by Crippen LogP contribution is -2.22. The van der Waals surface area contributed by atoms with Crippen LogP contribution in [0.3, 0.4) is 0 Å². The molecule has 124 valence electrons. The molecular weight excluding hydrogens is 310 g/mol. The van der Waals surface area contributed by atoms with E-state index in [9.17, 15) is 14.4 Å². The topological polar surface area (TPSA) is 108 Å². The molecule has 0 spiro atoms. The average Bonchev–Trinajstić information content (AvgIpc) is 2.59. The number of amides is 2. The molecule has 0 unspecified atom stereocenters. The minimum Gasteiger partial charge on any atom is -0.481 e. The number of aromatic nitrogens is 1. The highest BCUT2D eigenvalue weighted by Crippen LogP contribution is 2.10. The lowest BCUT2D eigenvalue weighted by Gasteiger charge is -2.07. The maximum absolute atomic E-state index is 12.0. The number of carboxylic acid groups (broad SMARTS) is 1. The Kier molecular flexibility index (Phi) is 6.01. The molecule has 0 aliphatic heterocycles. The number of benzene rings is 1. The van der Waals surface area contributed by atoms with E-state index < -0.39 is 5.97 Å². The van der Waals surface area contributed by atoms with Crippen LogP contribution in [0.4, 0.5) is 5.69 Å². The molecule has 0 radical (unpaired) electrons. The van der Waals surface area contributed by atoms with Gasteiger partial charge in [-0.1, -0.05) is 6.07 Å². The van der Waals surface area contributed by atoms with Crippen molar-refractivity contribution >= 4 is 23.5 Å². The number of aliphatic carboxylic acids is 1. The van der Waals surface area contributed by atoms with Gasteiger partial charge < -0.3 is 15.7 Å². The van der Waals surface area contributed by atoms with E-state index in [1.165, 1.54) is 0 Å². The van der Waals surface area contributed by atoms with Crippen LogP contribution in [0.15, 0.2) is 48.8 Å². The minimum atomic E-state index is -1.02. The van der Waals surface area contributed by atoms with E-state index in [4.69, 9.17) is 5.11 Å². The van der Waals surface area contributed by atoms with Gasteiger partial charge in [-0.05, 0) is 35.9 Å². The van der Waals surface area contributed by atoms with Crippen LogP contribution in [0.5, 0.6) is 0 Å². The number of hydrogen-bond acceptors (Lipinski definition) is 4. The zero-order valence-electron chi connectivity index (χ0n) is 12.9. The molecule has 0 aliphatic rings. The molecule has 1 aromatic heterocycles. The number of hydrogen-bond donors (Lipinski definition) is 3. The number of nitrogens with zero attached hydrogens (tertiary/aromatic N) is 1. The molecule has 0 bridgehead atoms. The second kappa shape index (κ2) is 8.42. The van der Waals surface area contributed by atoms with Gasteiger partial charge in [-0.3, -0.25) is 19.4 Å². The fourth-order valence-corrected chi connectivity index (χ4v) is 1.94. The van der Waals surface area contributed by atoms with Crippen molar-refractivity contribution in [3.8, 4) is 0 Å². The van der Waals surface area contributed by atoms with Gasteiger partial charge in [-0.15, -0.1) is 0 Å². The zero-order valence-corrected chi connectivity index (χ0v) is 12.9. The Balaban J connectivity index is 1.85. The first-order valence-corrected chi connectivity index (χ1v) is 7.33. The van der Waals surface area contributed by atoms with Crippen LogP contribution >= 0.6 is 0 Å². The van der Waals surface area contributed by atoms with Crippen molar-refractivity contribution in [3.05, 3.63) is 59.9 Å². The van der Waals surface area contributed by atoms with Gasteiger partial charge in [-0.2, -0.15) is 0 Å². The smallest absolute Gasteiger partial charge is 0.303 e. The highest BCUT2D eigenvalue weighted by Gasteiger charge is 2.08. The van der Waals surface area contributed by atoms with Crippen LogP contribution in [0.25, 0.3) is 0 Å². The van der Waals surface area contributed by atoms with E-state index in [0.717, 1.165) is 5.56 Å². The quantitative estimate of drug-likeness (QED) is 0.719. The largest absolute Gasteiger partial charge is 0.481 e. The number of carboxylic acids is 1. The van der Waals surface area contributed by atoms with Crippen LogP contribution in [0.1, 0.15) is 28.8 Å². The highest BCUT2D eigenvalue weighted by atomic mass is 16.4. The minimum absolute atomic E-state index is 0.0946. The van der Waals surface area contributed by atoms with Gasteiger partial charge in [0.05, 0.1) is 6.42 Å². The van der Waals surface area contributed by atoms with Gasteiger partial charge in [0.15, 0.2) is 0 Å². The summed E-state index contributed by atoms with van der Waals surface area (Å²) in [7, 11) is 0. The van der Waals surface area contributed by atoms with Gasteiger partial charge in [0, 0.05) is 36.6 Å². The number of anilines is 1. The standard InChI is InChI=1S/C17H17N3O4/c21-15(7-8-16(22)23)20-14-5-3-13(4-6-14)17(24)19-11-12-2-1-9-18-10-12/h1-6,9-10H,7-8,11H2,(H,19,24)(H,20,21)(H,22,23). The third-order valence-corrected chi connectivity index (χ3v) is 3.17. The van der Waals surface area contributed by atoms with E-state index in [1.807, 2.05) is 6.07 Å². The molecule has 3 N–H and O–H groups in total. The summed E-state index contributed by atoms with van der Waals surface area (Å²) >= 11 is 0. The molecule has 7 heteroatoms. The first-order chi connectivity index (χ1) is 11.5. The third kappa shape index (κ3) is 5.53. The van der Waals surface area contributed by atoms with Gasteiger partial charge in [0.25, 0.3) is 5.91 Å². The summed E-state index contributed by atoms with van der Waals surface area (Å²) in [5, 5.41) is 13.9. The summed E-state index contributed by atoms with van der Waals surface area (Å²) in [5.74, 6) is -1.64. The summed E-state index contributed by atoms with van der Waals surface area (Å²) in [6.07, 6.45) is 3.02.